The van der Waals surface area contributed by atoms with Crippen molar-refractivity contribution in [2.75, 3.05) is 0 Å². The van der Waals surface area contributed by atoms with Gasteiger partial charge in [0.05, 0.1) is 10.9 Å². The molecule has 3 aromatic carbocycles. The molecule has 0 aromatic heterocycles. The predicted molar refractivity (Wildman–Crippen MR) is 114 cm³/mol. The second kappa shape index (κ2) is 9.49. The molecule has 3 rings (SSSR count). The number of hydrogen-bond acceptors (Lipinski definition) is 3. The Labute approximate surface area is 171 Å². The van der Waals surface area contributed by atoms with E-state index < -0.39 is 16.1 Å². The molecule has 6 heteroatoms. The van der Waals surface area contributed by atoms with Gasteiger partial charge in [0.2, 0.25) is 15.9 Å². The van der Waals surface area contributed by atoms with Crippen LogP contribution >= 0.6 is 0 Å². The van der Waals surface area contributed by atoms with Gasteiger partial charge in [-0.2, -0.15) is 0 Å². The van der Waals surface area contributed by atoms with E-state index in [0.717, 1.165) is 16.7 Å². The molecule has 0 aliphatic carbocycles. The second-order valence-electron chi connectivity index (χ2n) is 6.86. The van der Waals surface area contributed by atoms with Crippen molar-refractivity contribution >= 4 is 15.9 Å². The van der Waals surface area contributed by atoms with Crippen molar-refractivity contribution < 1.29 is 13.2 Å². The lowest BCUT2D eigenvalue weighted by molar-refractivity contribution is -0.121. The van der Waals surface area contributed by atoms with Crippen molar-refractivity contribution in [2.24, 2.45) is 0 Å². The number of benzene rings is 3. The number of nitrogens with one attached hydrogen (secondary N) is 2. The van der Waals surface area contributed by atoms with E-state index in [1.54, 1.807) is 24.3 Å². The van der Waals surface area contributed by atoms with E-state index in [4.69, 9.17) is 0 Å². The van der Waals surface area contributed by atoms with Crippen LogP contribution in [0.5, 0.6) is 0 Å². The Morgan fingerprint density at radius 1 is 0.862 bits per heavy atom. The Morgan fingerprint density at radius 3 is 2.07 bits per heavy atom. The number of rotatable bonds is 8. The largest absolute Gasteiger partial charge is 0.352 e. The molecule has 0 radical (unpaired) electrons. The molecular weight excluding hydrogens is 384 g/mol. The van der Waals surface area contributed by atoms with Crippen LogP contribution in [0.15, 0.2) is 89.8 Å². The van der Waals surface area contributed by atoms with E-state index in [2.05, 4.69) is 10.0 Å². The number of aryl methyl sites for hydroxylation is 1. The molecule has 1 atom stereocenters. The van der Waals surface area contributed by atoms with Gasteiger partial charge in [-0.05, 0) is 30.2 Å². The molecule has 1 amide bonds. The van der Waals surface area contributed by atoms with Crippen molar-refractivity contribution in [1.29, 1.82) is 0 Å². The fraction of sp³-hybridized carbons (Fsp3) is 0.174. The monoisotopic (exact) mass is 408 g/mol. The van der Waals surface area contributed by atoms with Crippen molar-refractivity contribution in [2.45, 2.75) is 30.8 Å². The van der Waals surface area contributed by atoms with Gasteiger partial charge in [-0.25, -0.2) is 13.1 Å². The van der Waals surface area contributed by atoms with Crippen LogP contribution in [0.2, 0.25) is 0 Å². The zero-order chi connectivity index (χ0) is 20.7. The molecule has 5 nitrogen and oxygen atoms in total. The number of carbonyl (C=O) groups is 1. The third kappa shape index (κ3) is 6.01. The summed E-state index contributed by atoms with van der Waals surface area (Å²) in [6, 6.07) is 24.7. The minimum Gasteiger partial charge on any atom is -0.352 e. The maximum atomic E-state index is 12.8. The highest BCUT2D eigenvalue weighted by Gasteiger charge is 2.23. The van der Waals surface area contributed by atoms with Crippen LogP contribution in [0.3, 0.4) is 0 Å². The topological polar surface area (TPSA) is 75.3 Å². The van der Waals surface area contributed by atoms with E-state index in [-0.39, 0.29) is 17.2 Å². The number of sulfonamides is 1. The maximum absolute atomic E-state index is 12.8. The summed E-state index contributed by atoms with van der Waals surface area (Å²) in [7, 11) is -3.77. The molecule has 0 saturated carbocycles. The van der Waals surface area contributed by atoms with Gasteiger partial charge in [0, 0.05) is 13.0 Å². The summed E-state index contributed by atoms with van der Waals surface area (Å²) in [6.07, 6.45) is 0.00192. The highest BCUT2D eigenvalue weighted by Crippen LogP contribution is 2.21. The maximum Gasteiger partial charge on any atom is 0.241 e. The van der Waals surface area contributed by atoms with Gasteiger partial charge in [-0.3, -0.25) is 4.79 Å². The van der Waals surface area contributed by atoms with Gasteiger partial charge in [-0.1, -0.05) is 78.4 Å². The van der Waals surface area contributed by atoms with Crippen LogP contribution in [0.25, 0.3) is 0 Å². The van der Waals surface area contributed by atoms with Gasteiger partial charge in [0.15, 0.2) is 0 Å². The molecule has 3 aromatic rings. The first kappa shape index (κ1) is 20.8. The summed E-state index contributed by atoms with van der Waals surface area (Å²) in [6.45, 7) is 2.29. The van der Waals surface area contributed by atoms with Crippen LogP contribution in [0.4, 0.5) is 0 Å². The summed E-state index contributed by atoms with van der Waals surface area (Å²) in [5.41, 5.74) is 2.69. The molecule has 2 N–H and O–H groups in total. The predicted octanol–water partition coefficient (Wildman–Crippen LogP) is 3.72. The molecule has 0 bridgehead atoms. The number of amides is 1. The third-order valence-corrected chi connectivity index (χ3v) is 6.04. The molecule has 29 heavy (non-hydrogen) atoms. The average Bonchev–Trinajstić information content (AvgIpc) is 2.73. The highest BCUT2D eigenvalue weighted by atomic mass is 32.2. The molecule has 0 heterocycles. The summed E-state index contributed by atoms with van der Waals surface area (Å²) >= 11 is 0. The van der Waals surface area contributed by atoms with E-state index in [1.807, 2.05) is 67.6 Å². The molecule has 150 valence electrons. The minimum absolute atomic E-state index is 0.00192. The summed E-state index contributed by atoms with van der Waals surface area (Å²) in [5, 5.41) is 2.86. The third-order valence-electron chi connectivity index (χ3n) is 4.55. The van der Waals surface area contributed by atoms with Gasteiger partial charge in [0.25, 0.3) is 0 Å². The lowest BCUT2D eigenvalue weighted by atomic mass is 10.0. The Kier molecular flexibility index (Phi) is 6.80. The van der Waals surface area contributed by atoms with Gasteiger partial charge >= 0.3 is 0 Å². The molecule has 0 unspecified atom stereocenters. The number of carbonyl (C=O) groups excluding carboxylic acids is 1. The molecule has 0 saturated heterocycles. The normalized spacial score (nSPS) is 12.3. The zero-order valence-corrected chi connectivity index (χ0v) is 17.0. The van der Waals surface area contributed by atoms with Crippen molar-refractivity contribution in [3.05, 3.63) is 102 Å². The lowest BCUT2D eigenvalue weighted by Crippen LogP contribution is -2.33. The Bertz CT molecular complexity index is 1030. The van der Waals surface area contributed by atoms with Crippen molar-refractivity contribution in [3.63, 3.8) is 0 Å². The standard InChI is InChI=1S/C23H24N2O3S/c1-18-12-14-21(15-13-18)29(27,28)25-22(20-10-6-3-7-11-20)16-23(26)24-17-19-8-4-2-5-9-19/h2-15,22,25H,16-17H2,1H3,(H,24,26)/t22-/m0/s1. The van der Waals surface area contributed by atoms with E-state index >= 15 is 0 Å². The van der Waals surface area contributed by atoms with Crippen molar-refractivity contribution in [3.8, 4) is 0 Å². The van der Waals surface area contributed by atoms with Gasteiger partial charge in [0.1, 0.15) is 0 Å². The quantitative estimate of drug-likeness (QED) is 0.596. The van der Waals surface area contributed by atoms with E-state index in [9.17, 15) is 13.2 Å². The van der Waals surface area contributed by atoms with Crippen molar-refractivity contribution in [1.82, 2.24) is 10.0 Å². The minimum atomic E-state index is -3.77. The van der Waals surface area contributed by atoms with Gasteiger partial charge < -0.3 is 5.32 Å². The van der Waals surface area contributed by atoms with Gasteiger partial charge in [-0.15, -0.1) is 0 Å². The highest BCUT2D eigenvalue weighted by molar-refractivity contribution is 7.89. The Balaban J connectivity index is 1.74. The summed E-state index contributed by atoms with van der Waals surface area (Å²) in [4.78, 5) is 12.7. The zero-order valence-electron chi connectivity index (χ0n) is 16.2. The Hall–Kier alpha value is -2.96. The first-order chi connectivity index (χ1) is 13.9. The van der Waals surface area contributed by atoms with E-state index in [0.29, 0.717) is 6.54 Å². The van der Waals surface area contributed by atoms with Crippen LogP contribution in [-0.2, 0) is 21.4 Å². The lowest BCUT2D eigenvalue weighted by Gasteiger charge is -2.19. The molecule has 0 fully saturated rings. The smallest absolute Gasteiger partial charge is 0.241 e. The Morgan fingerprint density at radius 2 is 1.45 bits per heavy atom. The van der Waals surface area contributed by atoms with Crippen LogP contribution in [-0.4, -0.2) is 14.3 Å². The molecule has 0 spiro atoms. The SMILES string of the molecule is Cc1ccc(S(=O)(=O)N[C@@H](CC(=O)NCc2ccccc2)c2ccccc2)cc1. The first-order valence-electron chi connectivity index (χ1n) is 9.38. The second-order valence-corrected chi connectivity index (χ2v) is 8.58. The molecule has 0 aliphatic rings. The van der Waals surface area contributed by atoms with Crippen LogP contribution < -0.4 is 10.0 Å². The molecular formula is C23H24N2O3S. The number of hydrogen-bond donors (Lipinski definition) is 2. The fourth-order valence-electron chi connectivity index (χ4n) is 2.94. The van der Waals surface area contributed by atoms with E-state index in [1.165, 1.54) is 0 Å². The summed E-state index contributed by atoms with van der Waals surface area (Å²) < 4.78 is 28.4. The first-order valence-corrected chi connectivity index (χ1v) is 10.9. The van der Waals surface area contributed by atoms with Crippen LogP contribution in [0, 0.1) is 6.92 Å². The summed E-state index contributed by atoms with van der Waals surface area (Å²) in [5.74, 6) is -0.227. The average molecular weight is 409 g/mol. The fourth-order valence-corrected chi connectivity index (χ4v) is 4.16. The molecule has 0 aliphatic heterocycles. The van der Waals surface area contributed by atoms with Crippen LogP contribution in [0.1, 0.15) is 29.2 Å².